The molecular weight excluding hydrogens is 312 g/mol. The molecule has 0 radical (unpaired) electrons. The van der Waals surface area contributed by atoms with E-state index in [2.05, 4.69) is 4.72 Å². The average Bonchev–Trinajstić information content (AvgIpc) is 2.87. The summed E-state index contributed by atoms with van der Waals surface area (Å²) < 4.78 is 32.4. The molecule has 0 spiro atoms. The van der Waals surface area contributed by atoms with Crippen molar-refractivity contribution in [2.75, 3.05) is 5.73 Å². The quantitative estimate of drug-likeness (QED) is 0.826. The third-order valence-electron chi connectivity index (χ3n) is 3.11. The van der Waals surface area contributed by atoms with Gasteiger partial charge in [0.15, 0.2) is 0 Å². The molecule has 1 unspecified atom stereocenters. The van der Waals surface area contributed by atoms with Gasteiger partial charge in [-0.15, -0.1) is 0 Å². The van der Waals surface area contributed by atoms with Gasteiger partial charge in [0.05, 0.1) is 11.2 Å². The van der Waals surface area contributed by atoms with E-state index >= 15 is 0 Å². The van der Waals surface area contributed by atoms with Crippen LogP contribution in [0.4, 0.5) is 5.69 Å². The van der Waals surface area contributed by atoms with Crippen molar-refractivity contribution < 1.29 is 12.8 Å². The lowest BCUT2D eigenvalue weighted by molar-refractivity contribution is 0.479. The predicted molar refractivity (Wildman–Crippen MR) is 82.8 cm³/mol. The van der Waals surface area contributed by atoms with Gasteiger partial charge < -0.3 is 10.2 Å². The van der Waals surface area contributed by atoms with Crippen LogP contribution in [0.1, 0.15) is 18.2 Å². The number of anilines is 1. The maximum absolute atomic E-state index is 12.3. The zero-order valence-electron chi connectivity index (χ0n) is 11.8. The maximum Gasteiger partial charge on any atom is 0.240 e. The normalized spacial score (nSPS) is 13.3. The van der Waals surface area contributed by atoms with E-state index in [-0.39, 0.29) is 10.9 Å². The standard InChI is InChI=1S/C14H17ClN2O3S/c1-9(6-11-4-3-5-20-11)17-21(18,19)12-7-13(15)10(2)14(16)8-12/h3-5,7-9,17H,6,16H2,1-2H3. The molecule has 1 atom stereocenters. The van der Waals surface area contributed by atoms with Gasteiger partial charge in [0.2, 0.25) is 10.0 Å². The van der Waals surface area contributed by atoms with Gasteiger partial charge in [-0.25, -0.2) is 13.1 Å². The number of halogens is 1. The maximum atomic E-state index is 12.3. The first-order valence-corrected chi connectivity index (χ1v) is 8.26. The Kier molecular flexibility index (Phi) is 4.61. The third kappa shape index (κ3) is 3.78. The minimum absolute atomic E-state index is 0.0573. The second kappa shape index (κ2) is 6.09. The molecule has 3 N–H and O–H groups in total. The Morgan fingerprint density at radius 2 is 2.14 bits per heavy atom. The highest BCUT2D eigenvalue weighted by atomic mass is 35.5. The molecule has 0 aliphatic rings. The smallest absolute Gasteiger partial charge is 0.240 e. The summed E-state index contributed by atoms with van der Waals surface area (Å²) in [5.41, 5.74) is 6.78. The van der Waals surface area contributed by atoms with Gasteiger partial charge in [-0.1, -0.05) is 11.6 Å². The van der Waals surface area contributed by atoms with Crippen LogP contribution in [-0.2, 0) is 16.4 Å². The summed E-state index contributed by atoms with van der Waals surface area (Å²) in [6, 6.07) is 6.04. The molecule has 1 aromatic carbocycles. The van der Waals surface area contributed by atoms with Gasteiger partial charge in [-0.2, -0.15) is 0 Å². The van der Waals surface area contributed by atoms with Crippen LogP contribution < -0.4 is 10.5 Å². The molecule has 1 aromatic heterocycles. The molecule has 0 saturated carbocycles. The number of sulfonamides is 1. The second-order valence-electron chi connectivity index (χ2n) is 4.93. The van der Waals surface area contributed by atoms with E-state index < -0.39 is 10.0 Å². The summed E-state index contributed by atoms with van der Waals surface area (Å²) in [6.07, 6.45) is 2.01. The number of benzene rings is 1. The van der Waals surface area contributed by atoms with Crippen LogP contribution in [0.2, 0.25) is 5.02 Å². The van der Waals surface area contributed by atoms with Crippen LogP contribution in [-0.4, -0.2) is 14.5 Å². The molecule has 0 saturated heterocycles. The van der Waals surface area contributed by atoms with Crippen LogP contribution in [0.25, 0.3) is 0 Å². The summed E-state index contributed by atoms with van der Waals surface area (Å²) in [7, 11) is -3.68. The lowest BCUT2D eigenvalue weighted by Gasteiger charge is -2.14. The molecule has 0 aliphatic carbocycles. The van der Waals surface area contributed by atoms with E-state index in [0.717, 1.165) is 0 Å². The van der Waals surface area contributed by atoms with Crippen molar-refractivity contribution in [3.8, 4) is 0 Å². The van der Waals surface area contributed by atoms with Crippen LogP contribution >= 0.6 is 11.6 Å². The lowest BCUT2D eigenvalue weighted by atomic mass is 10.2. The number of hydrogen-bond acceptors (Lipinski definition) is 4. The monoisotopic (exact) mass is 328 g/mol. The largest absolute Gasteiger partial charge is 0.469 e. The molecule has 0 amide bonds. The first-order chi connectivity index (χ1) is 9.79. The first-order valence-electron chi connectivity index (χ1n) is 6.40. The molecule has 5 nitrogen and oxygen atoms in total. The van der Waals surface area contributed by atoms with Crippen LogP contribution in [0.5, 0.6) is 0 Å². The highest BCUT2D eigenvalue weighted by Crippen LogP contribution is 2.26. The number of nitrogens with two attached hydrogens (primary N) is 1. The lowest BCUT2D eigenvalue weighted by Crippen LogP contribution is -2.34. The van der Waals surface area contributed by atoms with Gasteiger partial charge >= 0.3 is 0 Å². The molecule has 21 heavy (non-hydrogen) atoms. The Balaban J connectivity index is 2.18. The number of nitrogens with one attached hydrogen (secondary N) is 1. The fourth-order valence-electron chi connectivity index (χ4n) is 1.93. The zero-order valence-corrected chi connectivity index (χ0v) is 13.3. The molecule has 1 heterocycles. The van der Waals surface area contributed by atoms with Crippen molar-refractivity contribution in [3.05, 3.63) is 46.9 Å². The fourth-order valence-corrected chi connectivity index (χ4v) is 3.53. The highest BCUT2D eigenvalue weighted by molar-refractivity contribution is 7.89. The first kappa shape index (κ1) is 15.9. The molecule has 7 heteroatoms. The van der Waals surface area contributed by atoms with E-state index in [1.807, 2.05) is 0 Å². The topological polar surface area (TPSA) is 85.3 Å². The minimum atomic E-state index is -3.68. The van der Waals surface area contributed by atoms with E-state index in [4.69, 9.17) is 21.8 Å². The van der Waals surface area contributed by atoms with Crippen molar-refractivity contribution in [2.45, 2.75) is 31.2 Å². The molecule has 114 valence electrons. The van der Waals surface area contributed by atoms with E-state index in [9.17, 15) is 8.42 Å². The molecule has 0 bridgehead atoms. The fraction of sp³-hybridized carbons (Fsp3) is 0.286. The number of furan rings is 1. The SMILES string of the molecule is Cc1c(N)cc(S(=O)(=O)NC(C)Cc2ccco2)cc1Cl. The summed E-state index contributed by atoms with van der Waals surface area (Å²) in [5.74, 6) is 0.714. The summed E-state index contributed by atoms with van der Waals surface area (Å²) in [5, 5.41) is 0.328. The van der Waals surface area contributed by atoms with E-state index in [1.165, 1.54) is 12.1 Å². The van der Waals surface area contributed by atoms with Gasteiger partial charge in [0.25, 0.3) is 0 Å². The Morgan fingerprint density at radius 3 is 2.71 bits per heavy atom. The van der Waals surface area contributed by atoms with Gasteiger partial charge in [0.1, 0.15) is 5.76 Å². The Hall–Kier alpha value is -1.50. The van der Waals surface area contributed by atoms with Gasteiger partial charge in [-0.05, 0) is 43.7 Å². The Bertz CT molecular complexity index is 704. The summed E-state index contributed by atoms with van der Waals surface area (Å²) in [4.78, 5) is 0.0573. The second-order valence-corrected chi connectivity index (χ2v) is 7.05. The van der Waals surface area contributed by atoms with Crippen molar-refractivity contribution >= 4 is 27.3 Å². The third-order valence-corrected chi connectivity index (χ3v) is 5.07. The van der Waals surface area contributed by atoms with Crippen molar-refractivity contribution in [1.29, 1.82) is 0 Å². The van der Waals surface area contributed by atoms with Crippen molar-refractivity contribution in [3.63, 3.8) is 0 Å². The van der Waals surface area contributed by atoms with E-state index in [1.54, 1.807) is 32.2 Å². The highest BCUT2D eigenvalue weighted by Gasteiger charge is 2.20. The number of rotatable bonds is 5. The van der Waals surface area contributed by atoms with Crippen molar-refractivity contribution in [1.82, 2.24) is 4.72 Å². The summed E-state index contributed by atoms with van der Waals surface area (Å²) >= 11 is 5.99. The van der Waals surface area contributed by atoms with Crippen LogP contribution in [0, 0.1) is 6.92 Å². The minimum Gasteiger partial charge on any atom is -0.469 e. The van der Waals surface area contributed by atoms with Crippen LogP contribution in [0.3, 0.4) is 0 Å². The van der Waals surface area contributed by atoms with Gasteiger partial charge in [-0.3, -0.25) is 0 Å². The molecule has 2 aromatic rings. The van der Waals surface area contributed by atoms with Gasteiger partial charge in [0, 0.05) is 23.2 Å². The molecule has 0 aliphatic heterocycles. The van der Waals surface area contributed by atoms with Crippen LogP contribution in [0.15, 0.2) is 39.8 Å². The molecule has 0 fully saturated rings. The van der Waals surface area contributed by atoms with Crippen molar-refractivity contribution in [2.24, 2.45) is 0 Å². The average molecular weight is 329 g/mol. The molecular formula is C14H17ClN2O3S. The zero-order chi connectivity index (χ0) is 15.6. The predicted octanol–water partition coefficient (Wildman–Crippen LogP) is 2.73. The number of nitrogen functional groups attached to an aromatic ring is 1. The molecule has 2 rings (SSSR count). The Morgan fingerprint density at radius 1 is 1.43 bits per heavy atom. The number of hydrogen-bond donors (Lipinski definition) is 2. The van der Waals surface area contributed by atoms with E-state index in [0.29, 0.717) is 28.5 Å². The summed E-state index contributed by atoms with van der Waals surface area (Å²) in [6.45, 7) is 3.50. The Labute approximate surface area is 129 Å².